The molecule has 0 bridgehead atoms. The Balaban J connectivity index is 2.34. The fourth-order valence-corrected chi connectivity index (χ4v) is 2.90. The van der Waals surface area contributed by atoms with Crippen molar-refractivity contribution in [2.24, 2.45) is 0 Å². The molecule has 0 fully saturated rings. The van der Waals surface area contributed by atoms with Crippen LogP contribution in [0.5, 0.6) is 0 Å². The highest BCUT2D eigenvalue weighted by molar-refractivity contribution is 6.32. The summed E-state index contributed by atoms with van der Waals surface area (Å²) in [5.74, 6) is 0. The first kappa shape index (κ1) is 13.6. The van der Waals surface area contributed by atoms with Gasteiger partial charge in [-0.1, -0.05) is 48.4 Å². The molecule has 2 heteroatoms. The SMILES string of the molecule is CCNC(C1=CCCCC1)c1cccc(C)c1Cl. The summed E-state index contributed by atoms with van der Waals surface area (Å²) in [5.41, 5.74) is 3.90. The zero-order valence-electron chi connectivity index (χ0n) is 11.3. The number of benzene rings is 1. The Bertz CT molecular complexity index is 437. The Morgan fingerprint density at radius 3 is 2.83 bits per heavy atom. The van der Waals surface area contributed by atoms with Crippen molar-refractivity contribution in [1.29, 1.82) is 0 Å². The van der Waals surface area contributed by atoms with Crippen molar-refractivity contribution >= 4 is 11.6 Å². The van der Waals surface area contributed by atoms with E-state index >= 15 is 0 Å². The zero-order chi connectivity index (χ0) is 13.0. The van der Waals surface area contributed by atoms with Gasteiger partial charge in [-0.3, -0.25) is 0 Å². The Hall–Kier alpha value is -0.790. The second-order valence-electron chi connectivity index (χ2n) is 4.99. The predicted octanol–water partition coefficient (Wildman–Crippen LogP) is 4.80. The Morgan fingerprint density at radius 1 is 1.33 bits per heavy atom. The third kappa shape index (κ3) is 2.96. The minimum atomic E-state index is 0.294. The van der Waals surface area contributed by atoms with Gasteiger partial charge < -0.3 is 5.32 Å². The molecule has 0 aliphatic heterocycles. The van der Waals surface area contributed by atoms with Gasteiger partial charge in [-0.2, -0.15) is 0 Å². The maximum Gasteiger partial charge on any atom is 0.0550 e. The van der Waals surface area contributed by atoms with E-state index in [-0.39, 0.29) is 0 Å². The fourth-order valence-electron chi connectivity index (χ4n) is 2.66. The van der Waals surface area contributed by atoms with Gasteiger partial charge in [0.1, 0.15) is 0 Å². The van der Waals surface area contributed by atoms with Crippen LogP contribution in [0.2, 0.25) is 5.02 Å². The van der Waals surface area contributed by atoms with E-state index in [1.807, 2.05) is 0 Å². The first-order valence-corrected chi connectivity index (χ1v) is 7.29. The third-order valence-electron chi connectivity index (χ3n) is 3.64. The molecule has 1 aliphatic rings. The van der Waals surface area contributed by atoms with E-state index in [1.165, 1.54) is 36.8 Å². The second kappa shape index (κ2) is 6.40. The number of hydrogen-bond donors (Lipinski definition) is 1. The van der Waals surface area contributed by atoms with Crippen molar-refractivity contribution in [2.75, 3.05) is 6.54 Å². The maximum atomic E-state index is 6.48. The van der Waals surface area contributed by atoms with Gasteiger partial charge in [-0.05, 0) is 50.3 Å². The molecule has 0 saturated heterocycles. The quantitative estimate of drug-likeness (QED) is 0.770. The largest absolute Gasteiger partial charge is 0.307 e. The summed E-state index contributed by atoms with van der Waals surface area (Å²) in [6, 6.07) is 6.62. The summed E-state index contributed by atoms with van der Waals surface area (Å²) in [6.45, 7) is 5.19. The highest BCUT2D eigenvalue weighted by Gasteiger charge is 2.20. The molecule has 1 N–H and O–H groups in total. The number of allylic oxidation sites excluding steroid dienone is 1. The van der Waals surface area contributed by atoms with Crippen LogP contribution in [0.1, 0.15) is 49.8 Å². The summed E-state index contributed by atoms with van der Waals surface area (Å²) >= 11 is 6.48. The summed E-state index contributed by atoms with van der Waals surface area (Å²) in [4.78, 5) is 0. The molecule has 1 atom stereocenters. The Morgan fingerprint density at radius 2 is 2.17 bits per heavy atom. The normalized spacial score (nSPS) is 17.4. The molecule has 0 spiro atoms. The zero-order valence-corrected chi connectivity index (χ0v) is 12.1. The predicted molar refractivity (Wildman–Crippen MR) is 79.2 cm³/mol. The van der Waals surface area contributed by atoms with E-state index in [2.05, 4.69) is 43.4 Å². The van der Waals surface area contributed by atoms with Gasteiger partial charge >= 0.3 is 0 Å². The van der Waals surface area contributed by atoms with E-state index < -0.39 is 0 Å². The van der Waals surface area contributed by atoms with E-state index in [9.17, 15) is 0 Å². The van der Waals surface area contributed by atoms with Crippen LogP contribution >= 0.6 is 11.6 Å². The van der Waals surface area contributed by atoms with Gasteiger partial charge in [0.25, 0.3) is 0 Å². The maximum absolute atomic E-state index is 6.48. The highest BCUT2D eigenvalue weighted by atomic mass is 35.5. The molecule has 1 aliphatic carbocycles. The molecule has 0 saturated carbocycles. The lowest BCUT2D eigenvalue weighted by molar-refractivity contribution is 0.564. The lowest BCUT2D eigenvalue weighted by atomic mass is 9.89. The van der Waals surface area contributed by atoms with Crippen molar-refractivity contribution in [2.45, 2.75) is 45.6 Å². The molecular formula is C16H22ClN. The van der Waals surface area contributed by atoms with Crippen LogP contribution in [0.4, 0.5) is 0 Å². The van der Waals surface area contributed by atoms with Crippen LogP contribution in [0, 0.1) is 6.92 Å². The number of likely N-dealkylation sites (N-methyl/N-ethyl adjacent to an activating group) is 1. The van der Waals surface area contributed by atoms with Crippen molar-refractivity contribution in [3.8, 4) is 0 Å². The summed E-state index contributed by atoms with van der Waals surface area (Å²) in [6.07, 6.45) is 7.43. The highest BCUT2D eigenvalue weighted by Crippen LogP contribution is 2.34. The van der Waals surface area contributed by atoms with Crippen LogP contribution in [-0.4, -0.2) is 6.54 Å². The summed E-state index contributed by atoms with van der Waals surface area (Å²) in [7, 11) is 0. The molecule has 0 heterocycles. The molecule has 1 unspecified atom stereocenters. The van der Waals surface area contributed by atoms with Crippen molar-refractivity contribution < 1.29 is 0 Å². The fraction of sp³-hybridized carbons (Fsp3) is 0.500. The number of nitrogens with one attached hydrogen (secondary N) is 1. The van der Waals surface area contributed by atoms with E-state index in [1.54, 1.807) is 0 Å². The monoisotopic (exact) mass is 263 g/mol. The number of aryl methyl sites for hydroxylation is 1. The first-order valence-electron chi connectivity index (χ1n) is 6.91. The molecule has 18 heavy (non-hydrogen) atoms. The lowest BCUT2D eigenvalue weighted by Gasteiger charge is -2.25. The molecule has 0 radical (unpaired) electrons. The molecule has 1 aromatic carbocycles. The van der Waals surface area contributed by atoms with Crippen molar-refractivity contribution in [3.05, 3.63) is 46.0 Å². The van der Waals surface area contributed by atoms with Gasteiger partial charge in [0.05, 0.1) is 6.04 Å². The van der Waals surface area contributed by atoms with E-state index in [4.69, 9.17) is 11.6 Å². The number of halogens is 1. The smallest absolute Gasteiger partial charge is 0.0550 e. The van der Waals surface area contributed by atoms with Crippen LogP contribution in [0.3, 0.4) is 0 Å². The molecule has 0 amide bonds. The molecule has 98 valence electrons. The average Bonchev–Trinajstić information content (AvgIpc) is 2.41. The lowest BCUT2D eigenvalue weighted by Crippen LogP contribution is -2.24. The van der Waals surface area contributed by atoms with Gasteiger partial charge in [0.2, 0.25) is 0 Å². The first-order chi connectivity index (χ1) is 8.74. The topological polar surface area (TPSA) is 12.0 Å². The summed E-state index contributed by atoms with van der Waals surface area (Å²) < 4.78 is 0. The Kier molecular flexibility index (Phi) is 4.85. The van der Waals surface area contributed by atoms with E-state index in [0.717, 1.165) is 17.1 Å². The summed E-state index contributed by atoms with van der Waals surface area (Å²) in [5, 5.41) is 4.50. The van der Waals surface area contributed by atoms with Crippen molar-refractivity contribution in [1.82, 2.24) is 5.32 Å². The minimum Gasteiger partial charge on any atom is -0.307 e. The second-order valence-corrected chi connectivity index (χ2v) is 5.37. The molecular weight excluding hydrogens is 242 g/mol. The van der Waals surface area contributed by atoms with Gasteiger partial charge in [0, 0.05) is 5.02 Å². The third-order valence-corrected chi connectivity index (χ3v) is 4.15. The van der Waals surface area contributed by atoms with Gasteiger partial charge in [0.15, 0.2) is 0 Å². The molecule has 0 aromatic heterocycles. The molecule has 2 rings (SSSR count). The molecule has 1 nitrogen and oxygen atoms in total. The van der Waals surface area contributed by atoms with E-state index in [0.29, 0.717) is 6.04 Å². The minimum absolute atomic E-state index is 0.294. The number of hydrogen-bond acceptors (Lipinski definition) is 1. The molecule has 1 aromatic rings. The van der Waals surface area contributed by atoms with Crippen LogP contribution in [0.25, 0.3) is 0 Å². The van der Waals surface area contributed by atoms with Crippen molar-refractivity contribution in [3.63, 3.8) is 0 Å². The van der Waals surface area contributed by atoms with Crippen LogP contribution in [-0.2, 0) is 0 Å². The average molecular weight is 264 g/mol. The standard InChI is InChI=1S/C16H22ClN/c1-3-18-16(13-9-5-4-6-10-13)14-11-7-8-12(2)15(14)17/h7-9,11,16,18H,3-6,10H2,1-2H3. The van der Waals surface area contributed by atoms with Gasteiger partial charge in [-0.25, -0.2) is 0 Å². The number of rotatable bonds is 4. The Labute approximate surface area is 115 Å². The van der Waals surface area contributed by atoms with Crippen LogP contribution < -0.4 is 5.32 Å². The van der Waals surface area contributed by atoms with Crippen LogP contribution in [0.15, 0.2) is 29.8 Å². The van der Waals surface area contributed by atoms with Gasteiger partial charge in [-0.15, -0.1) is 0 Å².